The molecule has 12 heteroatoms. The molecule has 4 rings (SSSR count). The third kappa shape index (κ3) is 5.01. The smallest absolute Gasteiger partial charge is 0.267 e. The van der Waals surface area contributed by atoms with Gasteiger partial charge in [-0.3, -0.25) is 9.44 Å². The fraction of sp³-hybridized carbons (Fsp3) is 0.143. The number of rotatable bonds is 6. The minimum absolute atomic E-state index is 0.0174. The van der Waals surface area contributed by atoms with Gasteiger partial charge < -0.3 is 9.47 Å². The summed E-state index contributed by atoms with van der Waals surface area (Å²) in [7, 11) is -8.53. The molecule has 33 heavy (non-hydrogen) atoms. The van der Waals surface area contributed by atoms with Crippen LogP contribution in [0.15, 0.2) is 70.5 Å². The second kappa shape index (κ2) is 8.87. The lowest BCUT2D eigenvalue weighted by molar-refractivity contribution is 0.297. The van der Waals surface area contributed by atoms with Gasteiger partial charge in [0.05, 0.1) is 18.1 Å². The van der Waals surface area contributed by atoms with E-state index in [9.17, 15) is 25.6 Å². The van der Waals surface area contributed by atoms with E-state index in [2.05, 4.69) is 9.44 Å². The van der Waals surface area contributed by atoms with E-state index in [1.165, 1.54) is 42.5 Å². The molecule has 0 saturated carbocycles. The maximum Gasteiger partial charge on any atom is 0.267 e. The molecule has 8 nitrogen and oxygen atoms in total. The molecule has 2 N–H and O–H groups in total. The Morgan fingerprint density at radius 2 is 1.24 bits per heavy atom. The van der Waals surface area contributed by atoms with Crippen LogP contribution < -0.4 is 18.9 Å². The zero-order chi connectivity index (χ0) is 23.6. The van der Waals surface area contributed by atoms with Crippen molar-refractivity contribution in [3.63, 3.8) is 0 Å². The third-order valence-electron chi connectivity index (χ3n) is 4.61. The summed E-state index contributed by atoms with van der Waals surface area (Å²) in [4.78, 5) is -1.16. The lowest BCUT2D eigenvalue weighted by atomic mass is 10.3. The first-order valence-corrected chi connectivity index (χ1v) is 12.6. The Morgan fingerprint density at radius 3 is 1.85 bits per heavy atom. The molecule has 0 spiro atoms. The van der Waals surface area contributed by atoms with Crippen LogP contribution in [0.1, 0.15) is 6.42 Å². The summed E-state index contributed by atoms with van der Waals surface area (Å²) >= 11 is 0. The van der Waals surface area contributed by atoms with Crippen molar-refractivity contribution in [2.24, 2.45) is 0 Å². The van der Waals surface area contributed by atoms with Crippen molar-refractivity contribution in [1.82, 2.24) is 0 Å². The van der Waals surface area contributed by atoms with E-state index in [0.717, 1.165) is 18.2 Å². The first kappa shape index (κ1) is 22.8. The zero-order valence-corrected chi connectivity index (χ0v) is 18.5. The van der Waals surface area contributed by atoms with Crippen molar-refractivity contribution in [2.75, 3.05) is 22.7 Å². The predicted octanol–water partition coefficient (Wildman–Crippen LogP) is 3.73. The number of benzene rings is 3. The monoisotopic (exact) mass is 496 g/mol. The molecular formula is C21H18F2N2O6S2. The summed E-state index contributed by atoms with van der Waals surface area (Å²) in [5.41, 5.74) is 0.123. The molecule has 0 amide bonds. The molecule has 0 aromatic heterocycles. The summed E-state index contributed by atoms with van der Waals surface area (Å²) < 4.78 is 93.3. The zero-order valence-electron chi connectivity index (χ0n) is 16.9. The maximum absolute atomic E-state index is 13.8. The van der Waals surface area contributed by atoms with Gasteiger partial charge in [0.15, 0.2) is 16.4 Å². The summed E-state index contributed by atoms with van der Waals surface area (Å²) in [6, 6.07) is 12.1. The van der Waals surface area contributed by atoms with Crippen LogP contribution >= 0.6 is 0 Å². The second-order valence-electron chi connectivity index (χ2n) is 7.00. The molecule has 1 heterocycles. The molecule has 0 unspecified atom stereocenters. The molecule has 3 aromatic rings. The second-order valence-corrected chi connectivity index (χ2v) is 10.3. The molecule has 3 aromatic carbocycles. The Morgan fingerprint density at radius 1 is 0.697 bits per heavy atom. The maximum atomic E-state index is 13.8. The lowest BCUT2D eigenvalue weighted by Crippen LogP contribution is -2.16. The largest absolute Gasteiger partial charge is 0.490 e. The highest BCUT2D eigenvalue weighted by Gasteiger charge is 2.24. The van der Waals surface area contributed by atoms with Crippen molar-refractivity contribution >= 4 is 31.4 Å². The van der Waals surface area contributed by atoms with Gasteiger partial charge in [-0.05, 0) is 48.5 Å². The first-order valence-electron chi connectivity index (χ1n) is 9.65. The average molecular weight is 497 g/mol. The third-order valence-corrected chi connectivity index (χ3v) is 7.42. The lowest BCUT2D eigenvalue weighted by Gasteiger charge is -2.13. The van der Waals surface area contributed by atoms with E-state index < -0.39 is 36.6 Å². The van der Waals surface area contributed by atoms with Crippen LogP contribution in [0.25, 0.3) is 0 Å². The number of anilines is 2. The van der Waals surface area contributed by atoms with Gasteiger partial charge >= 0.3 is 0 Å². The molecule has 0 atom stereocenters. The summed E-state index contributed by atoms with van der Waals surface area (Å²) in [6.45, 7) is 0.870. The number of nitrogens with one attached hydrogen (secondary N) is 2. The van der Waals surface area contributed by atoms with Crippen LogP contribution in [-0.4, -0.2) is 30.0 Å². The van der Waals surface area contributed by atoms with Gasteiger partial charge in [0.2, 0.25) is 0 Å². The Labute approximate surface area is 189 Å². The number of halogens is 2. The van der Waals surface area contributed by atoms with Gasteiger partial charge in [0.1, 0.15) is 11.6 Å². The minimum atomic E-state index is -4.54. The fourth-order valence-corrected chi connectivity index (χ4v) is 5.35. The Balaban J connectivity index is 1.51. The molecule has 1 aliphatic heterocycles. The molecule has 0 saturated heterocycles. The highest BCUT2D eigenvalue weighted by atomic mass is 32.2. The van der Waals surface area contributed by atoms with Crippen molar-refractivity contribution in [3.8, 4) is 11.5 Å². The van der Waals surface area contributed by atoms with Gasteiger partial charge in [-0.1, -0.05) is 6.07 Å². The van der Waals surface area contributed by atoms with Crippen LogP contribution in [-0.2, 0) is 20.0 Å². The summed E-state index contributed by atoms with van der Waals surface area (Å²) in [5, 5.41) is 0. The van der Waals surface area contributed by atoms with Crippen molar-refractivity contribution < 1.29 is 35.1 Å². The average Bonchev–Trinajstić information content (AvgIpc) is 2.99. The number of sulfonamides is 2. The van der Waals surface area contributed by atoms with E-state index in [-0.39, 0.29) is 16.3 Å². The van der Waals surface area contributed by atoms with Gasteiger partial charge in [0, 0.05) is 23.9 Å². The summed E-state index contributed by atoms with van der Waals surface area (Å²) in [5.74, 6) is -1.70. The minimum Gasteiger partial charge on any atom is -0.490 e. The molecule has 174 valence electrons. The van der Waals surface area contributed by atoms with Gasteiger partial charge in [0.25, 0.3) is 20.0 Å². The molecule has 0 fully saturated rings. The van der Waals surface area contributed by atoms with E-state index in [4.69, 9.17) is 9.47 Å². The van der Waals surface area contributed by atoms with Crippen molar-refractivity contribution in [1.29, 1.82) is 0 Å². The quantitative estimate of drug-likeness (QED) is 0.538. The van der Waals surface area contributed by atoms with E-state index >= 15 is 0 Å². The molecule has 1 aliphatic rings. The number of hydrogen-bond acceptors (Lipinski definition) is 6. The first-order chi connectivity index (χ1) is 15.7. The normalized spacial score (nSPS) is 13.8. The standard InChI is InChI=1S/C21H18F2N2O6S2/c22-17-3-1-4-18(23)21(17)33(28,29)25-15-7-5-14(6-8-15)24-32(26,27)16-9-10-19-20(13-16)31-12-2-11-30-19/h1,3-10,13,24-25H,2,11-12H2. The van der Waals surface area contributed by atoms with E-state index in [0.29, 0.717) is 31.1 Å². The van der Waals surface area contributed by atoms with Crippen LogP contribution in [0, 0.1) is 11.6 Å². The van der Waals surface area contributed by atoms with Crippen LogP contribution in [0.5, 0.6) is 11.5 Å². The number of hydrogen-bond donors (Lipinski definition) is 2. The number of ether oxygens (including phenoxy) is 2. The molecule has 0 radical (unpaired) electrons. The van der Waals surface area contributed by atoms with Crippen LogP contribution in [0.4, 0.5) is 20.2 Å². The predicted molar refractivity (Wildman–Crippen MR) is 116 cm³/mol. The van der Waals surface area contributed by atoms with Gasteiger partial charge in [-0.2, -0.15) is 0 Å². The van der Waals surface area contributed by atoms with Crippen LogP contribution in [0.2, 0.25) is 0 Å². The SMILES string of the molecule is O=S(=O)(Nc1ccc(NS(=O)(=O)c2c(F)cccc2F)cc1)c1ccc2c(c1)OCCCO2. The molecule has 0 aliphatic carbocycles. The van der Waals surface area contributed by atoms with E-state index in [1.54, 1.807) is 0 Å². The van der Waals surface area contributed by atoms with Gasteiger partial charge in [-0.25, -0.2) is 25.6 Å². The Bertz CT molecular complexity index is 1370. The van der Waals surface area contributed by atoms with Gasteiger partial charge in [-0.15, -0.1) is 0 Å². The summed E-state index contributed by atoms with van der Waals surface area (Å²) in [6.07, 6.45) is 0.675. The van der Waals surface area contributed by atoms with E-state index in [1.807, 2.05) is 0 Å². The Kier molecular flexibility index (Phi) is 6.13. The molecular weight excluding hydrogens is 478 g/mol. The fourth-order valence-electron chi connectivity index (χ4n) is 3.08. The van der Waals surface area contributed by atoms with Crippen molar-refractivity contribution in [3.05, 3.63) is 72.3 Å². The van der Waals surface area contributed by atoms with Crippen molar-refractivity contribution in [2.45, 2.75) is 16.2 Å². The molecule has 0 bridgehead atoms. The highest BCUT2D eigenvalue weighted by molar-refractivity contribution is 7.93. The topological polar surface area (TPSA) is 111 Å². The number of fused-ring (bicyclic) bond motifs is 1. The highest BCUT2D eigenvalue weighted by Crippen LogP contribution is 2.32. The Hall–Kier alpha value is -3.38. The van der Waals surface area contributed by atoms with Crippen LogP contribution in [0.3, 0.4) is 0 Å².